The summed E-state index contributed by atoms with van der Waals surface area (Å²) in [5.41, 5.74) is 12.3. The summed E-state index contributed by atoms with van der Waals surface area (Å²) in [6.45, 7) is 13.0. The molecule has 0 unspecified atom stereocenters. The van der Waals surface area contributed by atoms with Crippen molar-refractivity contribution in [2.24, 2.45) is 4.99 Å². The second-order valence-corrected chi connectivity index (χ2v) is 12.8. The van der Waals surface area contributed by atoms with Gasteiger partial charge in [0.15, 0.2) is 0 Å². The topological polar surface area (TPSA) is 28.5 Å². The molecule has 8 aromatic rings. The normalized spacial score (nSPS) is 12.6. The fourth-order valence-electron chi connectivity index (χ4n) is 7.91. The third kappa shape index (κ3) is 4.52. The highest BCUT2D eigenvalue weighted by Crippen LogP contribution is 2.50. The summed E-state index contributed by atoms with van der Waals surface area (Å²) in [5, 5.41) is 7.99. The Hall–Kier alpha value is -6.58. The van der Waals surface area contributed by atoms with E-state index in [-0.39, 0.29) is 0 Å². The van der Waals surface area contributed by atoms with E-state index in [4.69, 9.17) is 4.98 Å². The van der Waals surface area contributed by atoms with Crippen molar-refractivity contribution in [1.82, 2.24) is 4.98 Å². The molecule has 0 atom stereocenters. The Morgan fingerprint density at radius 3 is 2.10 bits per heavy atom. The summed E-state index contributed by atoms with van der Waals surface area (Å²) in [6, 6.07) is 47.7. The zero-order valence-electron chi connectivity index (χ0n) is 27.6. The van der Waals surface area contributed by atoms with Crippen LogP contribution < -0.4 is 15.3 Å². The first kappa shape index (κ1) is 29.6. The molecular weight excluding hydrogens is 607 g/mol. The van der Waals surface area contributed by atoms with Gasteiger partial charge in [0, 0.05) is 29.3 Å². The number of hydrogen-bond acceptors (Lipinski definition) is 3. The highest BCUT2D eigenvalue weighted by molar-refractivity contribution is 6.21. The van der Waals surface area contributed by atoms with E-state index in [1.165, 1.54) is 43.8 Å². The Morgan fingerprint density at radius 2 is 1.36 bits per heavy atom. The van der Waals surface area contributed by atoms with Gasteiger partial charge in [-0.25, -0.2) is 0 Å². The van der Waals surface area contributed by atoms with Gasteiger partial charge in [0.2, 0.25) is 0 Å². The van der Waals surface area contributed by atoms with E-state index in [0.717, 1.165) is 55.1 Å². The van der Waals surface area contributed by atoms with E-state index < -0.39 is 0 Å². The second kappa shape index (κ2) is 11.8. The predicted molar refractivity (Wildman–Crippen MR) is 214 cm³/mol. The number of anilines is 2. The van der Waals surface area contributed by atoms with E-state index in [2.05, 4.69) is 151 Å². The van der Waals surface area contributed by atoms with Crippen LogP contribution >= 0.6 is 0 Å². The number of aliphatic imine (C=N–C) groups is 1. The van der Waals surface area contributed by atoms with E-state index >= 15 is 0 Å². The summed E-state index contributed by atoms with van der Waals surface area (Å²) in [6.07, 6.45) is 5.81. The average Bonchev–Trinajstić information content (AvgIpc) is 3.17. The molecule has 2 heterocycles. The summed E-state index contributed by atoms with van der Waals surface area (Å²) in [4.78, 5) is 11.7. The van der Waals surface area contributed by atoms with Crippen molar-refractivity contribution >= 4 is 68.9 Å². The van der Waals surface area contributed by atoms with Crippen LogP contribution in [0, 0.1) is 0 Å². The molecule has 0 spiro atoms. The van der Waals surface area contributed by atoms with Crippen LogP contribution in [0.3, 0.4) is 0 Å². The molecule has 50 heavy (non-hydrogen) atoms. The lowest BCUT2D eigenvalue weighted by molar-refractivity contribution is 0.963. The second-order valence-electron chi connectivity index (χ2n) is 12.8. The van der Waals surface area contributed by atoms with Crippen LogP contribution in [0.4, 0.5) is 17.1 Å². The average molecular weight is 640 g/mol. The van der Waals surface area contributed by atoms with Crippen molar-refractivity contribution in [1.29, 1.82) is 0 Å². The van der Waals surface area contributed by atoms with E-state index in [9.17, 15) is 0 Å². The first-order valence-corrected chi connectivity index (χ1v) is 16.9. The molecule has 0 saturated carbocycles. The number of aromatic nitrogens is 1. The molecule has 1 aliphatic heterocycles. The standard InChI is InChI=1S/C47H33N3/c1-4-13-34-30(2)14-11-20-35(34)46-38-18-7-5-16-36(38)44(37-17-6-8-19-39(37)46)32-25-26-40-43(28-32)50(42-22-10-9-21-41(42)48-3)29-33-24-23-31-15-12-27-49-47(31)45(33)40/h4-28H,1-3,29H2/b34-13+. The Kier molecular flexibility index (Phi) is 6.99. The van der Waals surface area contributed by atoms with Crippen molar-refractivity contribution in [3.63, 3.8) is 0 Å². The minimum Gasteiger partial charge on any atom is -0.335 e. The third-order valence-electron chi connectivity index (χ3n) is 10.1. The van der Waals surface area contributed by atoms with Gasteiger partial charge in [-0.2, -0.15) is 0 Å². The maximum atomic E-state index is 4.89. The number of benzene rings is 7. The summed E-state index contributed by atoms with van der Waals surface area (Å²) < 4.78 is 0. The quantitative estimate of drug-likeness (QED) is 0.138. The van der Waals surface area contributed by atoms with Gasteiger partial charge in [0.05, 0.1) is 22.6 Å². The largest absolute Gasteiger partial charge is 0.335 e. The minimum absolute atomic E-state index is 0.690. The monoisotopic (exact) mass is 639 g/mol. The number of fused-ring (bicyclic) bond motifs is 7. The number of hydrogen-bond donors (Lipinski definition) is 0. The van der Waals surface area contributed by atoms with Crippen LogP contribution in [-0.4, -0.2) is 11.7 Å². The first-order chi connectivity index (χ1) is 24.7. The number of rotatable bonds is 5. The molecule has 1 aromatic heterocycles. The molecule has 236 valence electrons. The van der Waals surface area contributed by atoms with E-state index in [1.54, 1.807) is 0 Å². The lowest BCUT2D eigenvalue weighted by atomic mass is 9.84. The van der Waals surface area contributed by atoms with Crippen LogP contribution in [-0.2, 0) is 6.54 Å². The van der Waals surface area contributed by atoms with Crippen LogP contribution in [0.25, 0.3) is 78.5 Å². The van der Waals surface area contributed by atoms with Crippen molar-refractivity contribution in [2.45, 2.75) is 6.54 Å². The molecule has 0 saturated heterocycles. The number of allylic oxidation sites excluding steroid dienone is 1. The third-order valence-corrected chi connectivity index (χ3v) is 10.1. The van der Waals surface area contributed by atoms with Gasteiger partial charge in [-0.3, -0.25) is 9.98 Å². The molecule has 7 aromatic carbocycles. The molecule has 0 N–H and O–H groups in total. The number of pyridine rings is 1. The van der Waals surface area contributed by atoms with Gasteiger partial charge in [0.1, 0.15) is 0 Å². The Labute approximate surface area is 291 Å². The first-order valence-electron chi connectivity index (χ1n) is 16.9. The van der Waals surface area contributed by atoms with Crippen molar-refractivity contribution in [3.05, 3.63) is 168 Å². The highest BCUT2D eigenvalue weighted by atomic mass is 15.2. The van der Waals surface area contributed by atoms with Crippen LogP contribution in [0.2, 0.25) is 0 Å². The minimum atomic E-state index is 0.690. The van der Waals surface area contributed by atoms with Crippen LogP contribution in [0.15, 0.2) is 157 Å². The fourth-order valence-corrected chi connectivity index (χ4v) is 7.91. The lowest BCUT2D eigenvalue weighted by Gasteiger charge is -2.34. The Bertz CT molecular complexity index is 2750. The van der Waals surface area contributed by atoms with E-state index in [0.29, 0.717) is 6.54 Å². The van der Waals surface area contributed by atoms with Gasteiger partial charge in [-0.05, 0) is 90.8 Å². The maximum absolute atomic E-state index is 4.89. The molecule has 3 heteroatoms. The Morgan fingerprint density at radius 1 is 0.640 bits per heavy atom. The van der Waals surface area contributed by atoms with Gasteiger partial charge < -0.3 is 4.90 Å². The van der Waals surface area contributed by atoms with Crippen molar-refractivity contribution < 1.29 is 0 Å². The smallest absolute Gasteiger partial charge is 0.0859 e. The molecule has 0 bridgehead atoms. The van der Waals surface area contributed by atoms with Crippen molar-refractivity contribution in [3.8, 4) is 33.4 Å². The lowest BCUT2D eigenvalue weighted by Crippen LogP contribution is -2.24. The van der Waals surface area contributed by atoms with Gasteiger partial charge in [-0.1, -0.05) is 135 Å². The highest BCUT2D eigenvalue weighted by Gasteiger charge is 2.28. The van der Waals surface area contributed by atoms with Gasteiger partial charge >= 0.3 is 0 Å². The molecule has 9 rings (SSSR count). The van der Waals surface area contributed by atoms with Crippen LogP contribution in [0.1, 0.15) is 5.56 Å². The Balaban J connectivity index is 1.37. The molecule has 1 aliphatic rings. The number of para-hydroxylation sites is 2. The molecular formula is C47H33N3. The molecule has 0 fully saturated rings. The fraction of sp³-hybridized carbons (Fsp3) is 0.0213. The summed E-state index contributed by atoms with van der Waals surface area (Å²) in [7, 11) is 0. The summed E-state index contributed by atoms with van der Waals surface area (Å²) in [5.74, 6) is 0. The zero-order valence-corrected chi connectivity index (χ0v) is 27.6. The predicted octanol–water partition coefficient (Wildman–Crippen LogP) is 10.9. The number of nitrogens with zero attached hydrogens (tertiary/aromatic N) is 3. The molecule has 0 amide bonds. The SMILES string of the molecule is C=C/C=c1/c(-c2c3ccccc3c(-c3ccc4c(c3)N(c3ccccc3N=C)Cc3ccc5cccnc5c3-4)c3ccccc23)cccc1=C. The van der Waals surface area contributed by atoms with E-state index in [1.807, 2.05) is 30.5 Å². The molecule has 3 nitrogen and oxygen atoms in total. The summed E-state index contributed by atoms with van der Waals surface area (Å²) >= 11 is 0. The van der Waals surface area contributed by atoms with Gasteiger partial charge in [0.25, 0.3) is 0 Å². The maximum Gasteiger partial charge on any atom is 0.0859 e. The van der Waals surface area contributed by atoms with Gasteiger partial charge in [-0.15, -0.1) is 0 Å². The molecule has 0 aliphatic carbocycles. The zero-order chi connectivity index (χ0) is 33.8. The van der Waals surface area contributed by atoms with Crippen molar-refractivity contribution in [2.75, 3.05) is 4.90 Å². The molecule has 0 radical (unpaired) electrons. The van der Waals surface area contributed by atoms with Crippen LogP contribution in [0.5, 0.6) is 0 Å².